The van der Waals surface area contributed by atoms with Crippen molar-refractivity contribution in [1.29, 1.82) is 0 Å². The van der Waals surface area contributed by atoms with Crippen molar-refractivity contribution in [2.45, 2.75) is 25.6 Å². The second-order valence-corrected chi connectivity index (χ2v) is 4.76. The molecule has 4 heteroatoms. The number of β-amino-alcohol motifs (C(OH)–C–C–N with tert-alkyl or cyclic N) is 1. The first-order valence-corrected chi connectivity index (χ1v) is 6.28. The number of piperidine rings is 1. The first kappa shape index (κ1) is 12.4. The minimum absolute atomic E-state index is 0.263. The fourth-order valence-electron chi connectivity index (χ4n) is 1.92. The van der Waals surface area contributed by atoms with Gasteiger partial charge in [-0.1, -0.05) is 22.9 Å². The van der Waals surface area contributed by atoms with Gasteiger partial charge in [0.1, 0.15) is 0 Å². The summed E-state index contributed by atoms with van der Waals surface area (Å²) in [6.07, 6.45) is 1.22. The van der Waals surface area contributed by atoms with Gasteiger partial charge in [-0.25, -0.2) is 0 Å². The molecule has 1 N–H and O–H groups in total. The summed E-state index contributed by atoms with van der Waals surface area (Å²) in [6, 6.07) is 0. The lowest BCUT2D eigenvalue weighted by atomic mass is 9.96. The Labute approximate surface area is 94.6 Å². The van der Waals surface area contributed by atoms with Crippen LogP contribution >= 0.6 is 15.9 Å². The molecule has 1 heterocycles. The van der Waals surface area contributed by atoms with Gasteiger partial charge in [0.15, 0.2) is 0 Å². The van der Waals surface area contributed by atoms with Gasteiger partial charge in [0.2, 0.25) is 0 Å². The van der Waals surface area contributed by atoms with Gasteiger partial charge in [0, 0.05) is 25.5 Å². The van der Waals surface area contributed by atoms with Crippen LogP contribution in [0.4, 0.5) is 0 Å². The Hall–Kier alpha value is 0.360. The Kier molecular flexibility index (Phi) is 5.38. The minimum Gasteiger partial charge on any atom is -0.391 e. The predicted octanol–water partition coefficient (Wildman–Crippen LogP) is 1.10. The molecular weight excluding hydrogens is 246 g/mol. The van der Waals surface area contributed by atoms with Crippen molar-refractivity contribution < 1.29 is 9.84 Å². The summed E-state index contributed by atoms with van der Waals surface area (Å²) in [5, 5.41) is 10.2. The number of methoxy groups -OCH3 is 1. The maximum atomic E-state index is 9.51. The van der Waals surface area contributed by atoms with Crippen molar-refractivity contribution in [3.8, 4) is 0 Å². The van der Waals surface area contributed by atoms with Crippen molar-refractivity contribution >= 4 is 15.9 Å². The van der Waals surface area contributed by atoms with Crippen molar-refractivity contribution in [3.63, 3.8) is 0 Å². The van der Waals surface area contributed by atoms with E-state index in [1.54, 1.807) is 7.11 Å². The highest BCUT2D eigenvalue weighted by molar-refractivity contribution is 9.09. The third-order valence-electron chi connectivity index (χ3n) is 2.92. The molecular formula is C10H20BrNO2. The van der Waals surface area contributed by atoms with Gasteiger partial charge in [0.05, 0.1) is 12.2 Å². The minimum atomic E-state index is -0.263. The second kappa shape index (κ2) is 6.05. The SMILES string of the molecule is COC1CN(CC(O)CBr)CCC1C. The standard InChI is InChI=1S/C10H20BrNO2/c1-8-3-4-12(6-9(13)5-11)7-10(8)14-2/h8-10,13H,3-7H2,1-2H3. The molecule has 0 radical (unpaired) electrons. The number of likely N-dealkylation sites (tertiary alicyclic amines) is 1. The van der Waals surface area contributed by atoms with Crippen LogP contribution in [0.5, 0.6) is 0 Å². The number of halogens is 1. The highest BCUT2D eigenvalue weighted by Crippen LogP contribution is 2.19. The van der Waals surface area contributed by atoms with Crippen LogP contribution in [-0.2, 0) is 4.74 Å². The first-order valence-electron chi connectivity index (χ1n) is 5.16. The molecule has 0 spiro atoms. The molecule has 3 nitrogen and oxygen atoms in total. The van der Waals surface area contributed by atoms with E-state index in [1.165, 1.54) is 0 Å². The average molecular weight is 266 g/mol. The van der Waals surface area contributed by atoms with Crippen LogP contribution < -0.4 is 0 Å². The van der Waals surface area contributed by atoms with Gasteiger partial charge in [-0.15, -0.1) is 0 Å². The molecule has 0 amide bonds. The van der Waals surface area contributed by atoms with Crippen LogP contribution in [0.3, 0.4) is 0 Å². The Bertz CT molecular complexity index is 168. The normalized spacial score (nSPS) is 31.7. The van der Waals surface area contributed by atoms with Gasteiger partial charge in [0.25, 0.3) is 0 Å². The summed E-state index contributed by atoms with van der Waals surface area (Å²) in [5.41, 5.74) is 0. The Morgan fingerprint density at radius 3 is 2.93 bits per heavy atom. The number of nitrogens with zero attached hydrogens (tertiary/aromatic N) is 1. The smallest absolute Gasteiger partial charge is 0.0763 e. The number of hydrogen-bond acceptors (Lipinski definition) is 3. The highest BCUT2D eigenvalue weighted by atomic mass is 79.9. The quantitative estimate of drug-likeness (QED) is 0.773. The van der Waals surface area contributed by atoms with E-state index in [-0.39, 0.29) is 6.10 Å². The highest BCUT2D eigenvalue weighted by Gasteiger charge is 2.26. The summed E-state index contributed by atoms with van der Waals surface area (Å²) in [5.74, 6) is 0.636. The Morgan fingerprint density at radius 2 is 2.36 bits per heavy atom. The lowest BCUT2D eigenvalue weighted by molar-refractivity contribution is -0.0153. The van der Waals surface area contributed by atoms with Gasteiger partial charge >= 0.3 is 0 Å². The third kappa shape index (κ3) is 3.50. The number of ether oxygens (including phenoxy) is 1. The molecule has 1 aliphatic heterocycles. The van der Waals surface area contributed by atoms with E-state index in [9.17, 15) is 5.11 Å². The molecule has 14 heavy (non-hydrogen) atoms. The van der Waals surface area contributed by atoms with Crippen LogP contribution in [0, 0.1) is 5.92 Å². The summed E-state index contributed by atoms with van der Waals surface area (Å²) in [4.78, 5) is 2.28. The van der Waals surface area contributed by atoms with E-state index in [0.29, 0.717) is 17.4 Å². The first-order chi connectivity index (χ1) is 6.67. The summed E-state index contributed by atoms with van der Waals surface area (Å²) in [6.45, 7) is 5.00. The lowest BCUT2D eigenvalue weighted by Gasteiger charge is -2.36. The maximum Gasteiger partial charge on any atom is 0.0763 e. The van der Waals surface area contributed by atoms with Crippen LogP contribution in [-0.4, -0.2) is 54.3 Å². The molecule has 0 bridgehead atoms. The van der Waals surface area contributed by atoms with Gasteiger partial charge < -0.3 is 9.84 Å². The zero-order chi connectivity index (χ0) is 10.6. The zero-order valence-electron chi connectivity index (χ0n) is 8.95. The van der Waals surface area contributed by atoms with Crippen LogP contribution in [0.15, 0.2) is 0 Å². The van der Waals surface area contributed by atoms with Gasteiger partial charge in [-0.2, -0.15) is 0 Å². The molecule has 0 aromatic carbocycles. The third-order valence-corrected chi connectivity index (χ3v) is 3.67. The summed E-state index contributed by atoms with van der Waals surface area (Å²) >= 11 is 3.28. The number of aliphatic hydroxyl groups is 1. The zero-order valence-corrected chi connectivity index (χ0v) is 10.5. The molecule has 3 unspecified atom stereocenters. The molecule has 0 aliphatic carbocycles. The molecule has 0 aromatic heterocycles. The van der Waals surface area contributed by atoms with Crippen LogP contribution in [0.2, 0.25) is 0 Å². The molecule has 3 atom stereocenters. The number of rotatable bonds is 4. The van der Waals surface area contributed by atoms with E-state index in [2.05, 4.69) is 27.8 Å². The fourth-order valence-corrected chi connectivity index (χ4v) is 2.12. The number of hydrogen-bond donors (Lipinski definition) is 1. The topological polar surface area (TPSA) is 32.7 Å². The predicted molar refractivity (Wildman–Crippen MR) is 60.8 cm³/mol. The number of aliphatic hydroxyl groups excluding tert-OH is 1. The largest absolute Gasteiger partial charge is 0.391 e. The molecule has 84 valence electrons. The van der Waals surface area contributed by atoms with E-state index >= 15 is 0 Å². The summed E-state index contributed by atoms with van der Waals surface area (Å²) < 4.78 is 5.41. The van der Waals surface area contributed by atoms with Gasteiger partial charge in [-0.05, 0) is 18.9 Å². The van der Waals surface area contributed by atoms with Crippen molar-refractivity contribution in [3.05, 3.63) is 0 Å². The Balaban J connectivity index is 2.34. The Morgan fingerprint density at radius 1 is 1.64 bits per heavy atom. The molecule has 1 saturated heterocycles. The molecule has 0 aromatic rings. The lowest BCUT2D eigenvalue weighted by Crippen LogP contribution is -2.46. The summed E-state index contributed by atoms with van der Waals surface area (Å²) in [7, 11) is 1.77. The van der Waals surface area contributed by atoms with E-state index < -0.39 is 0 Å². The van der Waals surface area contributed by atoms with Crippen LogP contribution in [0.25, 0.3) is 0 Å². The van der Waals surface area contributed by atoms with E-state index in [4.69, 9.17) is 4.74 Å². The van der Waals surface area contributed by atoms with Gasteiger partial charge in [-0.3, -0.25) is 4.90 Å². The van der Waals surface area contributed by atoms with Crippen molar-refractivity contribution in [2.75, 3.05) is 32.1 Å². The van der Waals surface area contributed by atoms with E-state index in [0.717, 1.165) is 26.1 Å². The monoisotopic (exact) mass is 265 g/mol. The number of alkyl halides is 1. The maximum absolute atomic E-state index is 9.51. The van der Waals surface area contributed by atoms with E-state index in [1.807, 2.05) is 0 Å². The fraction of sp³-hybridized carbons (Fsp3) is 1.00. The molecule has 0 saturated carbocycles. The molecule has 1 rings (SSSR count). The second-order valence-electron chi connectivity index (χ2n) is 4.11. The molecule has 1 fully saturated rings. The molecule has 1 aliphatic rings. The average Bonchev–Trinajstić information content (AvgIpc) is 2.20. The van der Waals surface area contributed by atoms with Crippen molar-refractivity contribution in [1.82, 2.24) is 4.90 Å². The van der Waals surface area contributed by atoms with Crippen molar-refractivity contribution in [2.24, 2.45) is 5.92 Å². The van der Waals surface area contributed by atoms with Crippen LogP contribution in [0.1, 0.15) is 13.3 Å².